The highest BCUT2D eigenvalue weighted by Crippen LogP contribution is 2.16. The Labute approximate surface area is 543 Å². The van der Waals surface area contributed by atoms with Crippen molar-refractivity contribution in [2.24, 2.45) is 0 Å². The van der Waals surface area contributed by atoms with Gasteiger partial charge in [-0.05, 0) is 141 Å². The number of unbranched alkanes of at least 4 members (excludes halogenated alkanes) is 24. The van der Waals surface area contributed by atoms with E-state index >= 15 is 0 Å². The van der Waals surface area contributed by atoms with Gasteiger partial charge >= 0.3 is 11.9 Å². The van der Waals surface area contributed by atoms with E-state index in [1.807, 2.05) is 0 Å². The van der Waals surface area contributed by atoms with Crippen molar-refractivity contribution in [1.82, 2.24) is 0 Å². The average molecular weight is 1210 g/mol. The SMILES string of the molecule is CC/C=C\C/C=C\C/C=C\C/C=C\C/C=C\C/C=C\C/C=C\C/C=C\C/C=C\C/C=C\CCCCCCCCC(=O)OC(CO)COC(=O)CCCCCCCCCCCCCCCCCCCC/C=C\C/C=C\C/C=C\C/C=C\C/C=C\C/C=C\CC. The van der Waals surface area contributed by atoms with Gasteiger partial charge in [-0.1, -0.05) is 337 Å². The molecule has 0 saturated carbocycles. The van der Waals surface area contributed by atoms with Crippen molar-refractivity contribution >= 4 is 11.9 Å². The molecule has 0 aliphatic rings. The number of hydrogen-bond acceptors (Lipinski definition) is 5. The molecule has 0 radical (unpaired) electrons. The van der Waals surface area contributed by atoms with Crippen LogP contribution in [0.3, 0.4) is 0 Å². The van der Waals surface area contributed by atoms with E-state index in [1.165, 1.54) is 116 Å². The van der Waals surface area contributed by atoms with Crippen LogP contribution in [-0.2, 0) is 19.1 Å². The summed E-state index contributed by atoms with van der Waals surface area (Å²) in [6.07, 6.45) is 120. The maximum absolute atomic E-state index is 12.4. The number of hydrogen-bond donors (Lipinski definition) is 1. The van der Waals surface area contributed by atoms with E-state index in [2.05, 4.69) is 208 Å². The molecule has 0 spiro atoms. The molecule has 5 heteroatoms. The Bertz CT molecular complexity index is 2000. The lowest BCUT2D eigenvalue weighted by Crippen LogP contribution is -2.28. The molecule has 0 fully saturated rings. The summed E-state index contributed by atoms with van der Waals surface area (Å²) >= 11 is 0. The van der Waals surface area contributed by atoms with E-state index in [0.29, 0.717) is 12.8 Å². The molecule has 1 atom stereocenters. The molecule has 0 aromatic carbocycles. The summed E-state index contributed by atoms with van der Waals surface area (Å²) in [5.41, 5.74) is 0. The van der Waals surface area contributed by atoms with Crippen LogP contribution in [0.25, 0.3) is 0 Å². The minimum absolute atomic E-state index is 0.0811. The van der Waals surface area contributed by atoms with Gasteiger partial charge in [-0.3, -0.25) is 9.59 Å². The number of aliphatic hydroxyl groups is 1. The second-order valence-electron chi connectivity index (χ2n) is 23.2. The number of carbonyl (C=O) groups is 2. The first-order valence-corrected chi connectivity index (χ1v) is 36.0. The standard InChI is InChI=1S/C83H132O5/c1-3-5-7-9-11-13-15-17-19-21-23-25-27-29-31-33-35-37-39-41-43-45-47-49-51-53-55-57-59-61-63-65-67-69-71-73-75-77-82(85)87-80-81(79-84)88-83(86)78-76-74-72-70-68-66-64-62-60-58-56-54-52-50-48-46-44-42-40-38-36-34-32-30-28-26-24-22-20-18-16-14-12-10-8-6-4-2/h5-8,11-14,17-20,23-26,29-32,35-38,42,44,48,50,54,56,60,62,81,84H,3-4,9-10,15-16,21-22,27-28,33-34,39-41,43,45-47,49,51-53,55,57-59,61,63-80H2,1-2H3/b7-5-,8-6-,13-11-,14-12-,19-17-,20-18-,25-23-,26-24-,31-29-,32-30-,37-35-,38-36-,44-42-,50-48-,56-54-,62-60-. The minimum atomic E-state index is -0.795. The van der Waals surface area contributed by atoms with E-state index < -0.39 is 6.10 Å². The second kappa shape index (κ2) is 76.0. The Hall–Kier alpha value is -5.26. The third kappa shape index (κ3) is 73.2. The Balaban J connectivity index is 3.57. The number of rotatable bonds is 64. The molecule has 0 aromatic rings. The lowest BCUT2D eigenvalue weighted by Gasteiger charge is -2.15. The molecule has 0 heterocycles. The fourth-order valence-electron chi connectivity index (χ4n) is 9.59. The van der Waals surface area contributed by atoms with Crippen LogP contribution < -0.4 is 0 Å². The normalized spacial score (nSPS) is 13.4. The van der Waals surface area contributed by atoms with Crippen molar-refractivity contribution in [3.63, 3.8) is 0 Å². The molecular formula is C83H132O5. The number of aliphatic hydroxyl groups excluding tert-OH is 1. The molecule has 5 nitrogen and oxygen atoms in total. The molecule has 0 bridgehead atoms. The topological polar surface area (TPSA) is 72.8 Å². The van der Waals surface area contributed by atoms with Gasteiger partial charge in [-0.25, -0.2) is 0 Å². The van der Waals surface area contributed by atoms with Crippen LogP contribution in [0.4, 0.5) is 0 Å². The first kappa shape index (κ1) is 82.7. The van der Waals surface area contributed by atoms with E-state index in [-0.39, 0.29) is 25.2 Å². The monoisotopic (exact) mass is 1210 g/mol. The van der Waals surface area contributed by atoms with Gasteiger partial charge in [0.25, 0.3) is 0 Å². The molecule has 0 aliphatic heterocycles. The van der Waals surface area contributed by atoms with E-state index in [1.54, 1.807) is 0 Å². The predicted molar refractivity (Wildman–Crippen MR) is 389 cm³/mol. The molecule has 0 saturated heterocycles. The molecule has 1 unspecified atom stereocenters. The molecule has 0 amide bonds. The lowest BCUT2D eigenvalue weighted by molar-refractivity contribution is -0.161. The first-order valence-electron chi connectivity index (χ1n) is 36.0. The van der Waals surface area contributed by atoms with Crippen LogP contribution in [-0.4, -0.2) is 36.4 Å². The minimum Gasteiger partial charge on any atom is -0.462 e. The zero-order valence-electron chi connectivity index (χ0n) is 56.7. The fraction of sp³-hybridized carbons (Fsp3) is 0.590. The average Bonchev–Trinajstić information content (AvgIpc) is 3.55. The number of esters is 2. The Morgan fingerprint density at radius 1 is 0.261 bits per heavy atom. The van der Waals surface area contributed by atoms with Gasteiger partial charge in [-0.2, -0.15) is 0 Å². The summed E-state index contributed by atoms with van der Waals surface area (Å²) in [5.74, 6) is -0.612. The smallest absolute Gasteiger partial charge is 0.306 e. The third-order valence-corrected chi connectivity index (χ3v) is 14.9. The maximum atomic E-state index is 12.4. The van der Waals surface area contributed by atoms with Crippen molar-refractivity contribution in [3.05, 3.63) is 194 Å². The van der Waals surface area contributed by atoms with Gasteiger partial charge < -0.3 is 14.6 Å². The molecular weight excluding hydrogens is 1080 g/mol. The first-order chi connectivity index (χ1) is 43.6. The van der Waals surface area contributed by atoms with Crippen molar-refractivity contribution < 1.29 is 24.2 Å². The molecule has 494 valence electrons. The van der Waals surface area contributed by atoms with Gasteiger partial charge in [0.2, 0.25) is 0 Å². The van der Waals surface area contributed by atoms with Gasteiger partial charge in [-0.15, -0.1) is 0 Å². The molecule has 0 rings (SSSR count). The van der Waals surface area contributed by atoms with E-state index in [4.69, 9.17) is 9.47 Å². The number of ether oxygens (including phenoxy) is 2. The van der Waals surface area contributed by atoms with Crippen LogP contribution in [0.1, 0.15) is 296 Å². The summed E-state index contributed by atoms with van der Waals surface area (Å²) in [4.78, 5) is 24.7. The highest BCUT2D eigenvalue weighted by atomic mass is 16.6. The van der Waals surface area contributed by atoms with Crippen LogP contribution in [0.15, 0.2) is 194 Å². The van der Waals surface area contributed by atoms with Crippen LogP contribution >= 0.6 is 0 Å². The van der Waals surface area contributed by atoms with Gasteiger partial charge in [0, 0.05) is 12.8 Å². The second-order valence-corrected chi connectivity index (χ2v) is 23.2. The molecule has 0 aromatic heterocycles. The maximum Gasteiger partial charge on any atom is 0.306 e. The van der Waals surface area contributed by atoms with Crippen molar-refractivity contribution in [2.75, 3.05) is 13.2 Å². The summed E-state index contributed by atoms with van der Waals surface area (Å²) in [7, 11) is 0. The predicted octanol–water partition coefficient (Wildman–Crippen LogP) is 25.5. The van der Waals surface area contributed by atoms with Crippen LogP contribution in [0.2, 0.25) is 0 Å². The zero-order chi connectivity index (χ0) is 63.3. The van der Waals surface area contributed by atoms with Gasteiger partial charge in [0.05, 0.1) is 6.61 Å². The lowest BCUT2D eigenvalue weighted by atomic mass is 10.0. The highest BCUT2D eigenvalue weighted by Gasteiger charge is 2.16. The largest absolute Gasteiger partial charge is 0.462 e. The molecule has 1 N–H and O–H groups in total. The third-order valence-electron chi connectivity index (χ3n) is 14.9. The Morgan fingerprint density at radius 3 is 0.682 bits per heavy atom. The van der Waals surface area contributed by atoms with Crippen molar-refractivity contribution in [2.45, 2.75) is 302 Å². The van der Waals surface area contributed by atoms with Crippen LogP contribution in [0, 0.1) is 0 Å². The number of carbonyl (C=O) groups excluding carboxylic acids is 2. The molecule has 88 heavy (non-hydrogen) atoms. The quantitative estimate of drug-likeness (QED) is 0.0373. The van der Waals surface area contributed by atoms with E-state index in [0.717, 1.165) is 154 Å². The number of allylic oxidation sites excluding steroid dienone is 32. The van der Waals surface area contributed by atoms with Crippen molar-refractivity contribution in [3.8, 4) is 0 Å². The van der Waals surface area contributed by atoms with E-state index in [9.17, 15) is 14.7 Å². The zero-order valence-corrected chi connectivity index (χ0v) is 56.7. The Morgan fingerprint density at radius 2 is 0.455 bits per heavy atom. The Kier molecular flexibility index (Phi) is 71.4. The highest BCUT2D eigenvalue weighted by molar-refractivity contribution is 5.70. The summed E-state index contributed by atoms with van der Waals surface area (Å²) in [5, 5.41) is 9.71. The fourth-order valence-corrected chi connectivity index (χ4v) is 9.59. The summed E-state index contributed by atoms with van der Waals surface area (Å²) < 4.78 is 10.7. The molecule has 0 aliphatic carbocycles. The summed E-state index contributed by atoms with van der Waals surface area (Å²) in [6.45, 7) is 3.91. The van der Waals surface area contributed by atoms with Gasteiger partial charge in [0.1, 0.15) is 6.61 Å². The van der Waals surface area contributed by atoms with Crippen molar-refractivity contribution in [1.29, 1.82) is 0 Å². The van der Waals surface area contributed by atoms with Crippen LogP contribution in [0.5, 0.6) is 0 Å². The summed E-state index contributed by atoms with van der Waals surface area (Å²) in [6, 6.07) is 0. The van der Waals surface area contributed by atoms with Gasteiger partial charge in [0.15, 0.2) is 6.10 Å².